The van der Waals surface area contributed by atoms with Crippen LogP contribution in [-0.2, 0) is 19.6 Å². The van der Waals surface area contributed by atoms with Crippen LogP contribution in [-0.4, -0.2) is 117 Å². The number of sulfonamides is 1. The van der Waals surface area contributed by atoms with Crippen molar-refractivity contribution in [2.75, 3.05) is 58.9 Å². The van der Waals surface area contributed by atoms with Crippen molar-refractivity contribution in [1.82, 2.24) is 29.6 Å². The summed E-state index contributed by atoms with van der Waals surface area (Å²) in [6.07, 6.45) is 2.81. The van der Waals surface area contributed by atoms with Crippen LogP contribution in [0.2, 0.25) is 0 Å². The maximum atomic E-state index is 13.4. The molecule has 3 aliphatic rings. The van der Waals surface area contributed by atoms with Gasteiger partial charge < -0.3 is 20.0 Å². The molecule has 2 aromatic rings. The molecule has 228 valence electrons. The van der Waals surface area contributed by atoms with E-state index in [1.54, 1.807) is 18.2 Å². The van der Waals surface area contributed by atoms with Gasteiger partial charge in [0.2, 0.25) is 21.8 Å². The maximum Gasteiger partial charge on any atom is 0.317 e. The van der Waals surface area contributed by atoms with Crippen LogP contribution in [0.25, 0.3) is 10.8 Å². The molecular weight excluding hydrogens is 624 g/mol. The van der Waals surface area contributed by atoms with E-state index >= 15 is 0 Å². The molecule has 11 nitrogen and oxygen atoms in total. The molecule has 3 heterocycles. The van der Waals surface area contributed by atoms with Crippen molar-refractivity contribution >= 4 is 54.6 Å². The number of fused-ring (bicyclic) bond motifs is 1. The van der Waals surface area contributed by atoms with Crippen LogP contribution < -0.4 is 10.0 Å². The van der Waals surface area contributed by atoms with Crippen LogP contribution >= 0.6 is 15.9 Å². The Morgan fingerprint density at radius 1 is 0.952 bits per heavy atom. The van der Waals surface area contributed by atoms with E-state index < -0.39 is 16.1 Å². The maximum absolute atomic E-state index is 13.4. The normalized spacial score (nSPS) is 22.1. The first kappa shape index (κ1) is 30.7. The lowest BCUT2D eigenvalue weighted by Gasteiger charge is -2.38. The Morgan fingerprint density at radius 3 is 2.43 bits per heavy atom. The molecule has 5 rings (SSSR count). The number of likely N-dealkylation sites (tertiary alicyclic amines) is 2. The summed E-state index contributed by atoms with van der Waals surface area (Å²) in [6, 6.07) is 9.62. The lowest BCUT2D eigenvalue weighted by Crippen LogP contribution is -2.56. The Balaban J connectivity index is 1.16. The summed E-state index contributed by atoms with van der Waals surface area (Å²) in [4.78, 5) is 46.4. The Bertz CT molecular complexity index is 1430. The third kappa shape index (κ3) is 7.07. The molecule has 0 aliphatic carbocycles. The van der Waals surface area contributed by atoms with Crippen molar-refractivity contribution in [2.24, 2.45) is 0 Å². The lowest BCUT2D eigenvalue weighted by atomic mass is 10.1. The molecule has 3 saturated heterocycles. The van der Waals surface area contributed by atoms with E-state index in [1.807, 2.05) is 34.9 Å². The Labute approximate surface area is 255 Å². The van der Waals surface area contributed by atoms with E-state index in [-0.39, 0.29) is 35.3 Å². The highest BCUT2D eigenvalue weighted by Gasteiger charge is 2.36. The number of hydrogen-bond acceptors (Lipinski definition) is 6. The molecule has 42 heavy (non-hydrogen) atoms. The van der Waals surface area contributed by atoms with Crippen LogP contribution in [0.1, 0.15) is 32.6 Å². The largest absolute Gasteiger partial charge is 0.338 e. The van der Waals surface area contributed by atoms with Gasteiger partial charge in [0, 0.05) is 62.9 Å². The van der Waals surface area contributed by atoms with Crippen LogP contribution in [0.3, 0.4) is 0 Å². The third-order valence-electron chi connectivity index (χ3n) is 8.39. The number of amides is 4. The van der Waals surface area contributed by atoms with Gasteiger partial charge in [0.1, 0.15) is 6.04 Å². The highest BCUT2D eigenvalue weighted by atomic mass is 79.9. The summed E-state index contributed by atoms with van der Waals surface area (Å²) in [5.74, 6) is -0.462. The second-order valence-electron chi connectivity index (χ2n) is 11.2. The molecule has 2 unspecified atom stereocenters. The number of urea groups is 1. The summed E-state index contributed by atoms with van der Waals surface area (Å²) in [6.45, 7) is 7.11. The molecule has 0 aromatic heterocycles. The topological polar surface area (TPSA) is 122 Å². The van der Waals surface area contributed by atoms with Gasteiger partial charge in [0.15, 0.2) is 0 Å². The van der Waals surface area contributed by atoms with Gasteiger partial charge in [-0.15, -0.1) is 0 Å². The van der Waals surface area contributed by atoms with Gasteiger partial charge in [0.25, 0.3) is 0 Å². The number of nitrogens with one attached hydrogen (secondary N) is 2. The summed E-state index contributed by atoms with van der Waals surface area (Å²) in [5.41, 5.74) is 0. The summed E-state index contributed by atoms with van der Waals surface area (Å²) >= 11 is 3.43. The SMILES string of the molecule is CCNC(=O)N1CCN(CC2CCCN2C(=O)CN2CCCC(NS(=O)(=O)c3ccc4cc(Br)ccc4c3)C2=O)CC1. The number of nitrogens with zero attached hydrogens (tertiary/aromatic N) is 4. The van der Waals surface area contributed by atoms with Crippen LogP contribution in [0, 0.1) is 0 Å². The smallest absolute Gasteiger partial charge is 0.317 e. The fourth-order valence-corrected chi connectivity index (χ4v) is 7.76. The molecule has 0 saturated carbocycles. The minimum absolute atomic E-state index is 0.0349. The number of benzene rings is 2. The second-order valence-corrected chi connectivity index (χ2v) is 13.9. The van der Waals surface area contributed by atoms with Gasteiger partial charge >= 0.3 is 6.03 Å². The Morgan fingerprint density at radius 2 is 1.67 bits per heavy atom. The van der Waals surface area contributed by atoms with Crippen molar-refractivity contribution in [3.63, 3.8) is 0 Å². The van der Waals surface area contributed by atoms with Crippen molar-refractivity contribution < 1.29 is 22.8 Å². The zero-order valence-corrected chi connectivity index (χ0v) is 26.3. The molecule has 13 heteroatoms. The first-order valence-corrected chi connectivity index (χ1v) is 17.0. The third-order valence-corrected chi connectivity index (χ3v) is 10.4. The second kappa shape index (κ2) is 13.3. The fourth-order valence-electron chi connectivity index (χ4n) is 6.13. The van der Waals surface area contributed by atoms with E-state index in [1.165, 1.54) is 4.90 Å². The standard InChI is InChI=1S/C29H39BrN6O5S/c1-2-31-29(39)34-15-13-33(14-16-34)19-24-5-3-12-36(24)27(37)20-35-11-4-6-26(28(35)38)32-42(40,41)25-10-8-21-17-23(30)9-7-22(21)18-25/h7-10,17-18,24,26,32H,2-6,11-16,19-20H2,1H3,(H,31,39). The summed E-state index contributed by atoms with van der Waals surface area (Å²) in [7, 11) is -3.94. The number of halogens is 1. The average Bonchev–Trinajstić information content (AvgIpc) is 3.43. The predicted molar refractivity (Wildman–Crippen MR) is 163 cm³/mol. The van der Waals surface area contributed by atoms with E-state index in [2.05, 4.69) is 30.9 Å². The molecule has 3 aliphatic heterocycles. The molecule has 2 N–H and O–H groups in total. The summed E-state index contributed by atoms with van der Waals surface area (Å²) < 4.78 is 29.9. The molecule has 0 spiro atoms. The van der Waals surface area contributed by atoms with Crippen LogP contribution in [0.4, 0.5) is 4.79 Å². The van der Waals surface area contributed by atoms with Crippen LogP contribution in [0.15, 0.2) is 45.8 Å². The molecule has 3 fully saturated rings. The van der Waals surface area contributed by atoms with E-state index in [0.717, 1.165) is 47.7 Å². The van der Waals surface area contributed by atoms with Crippen molar-refractivity contribution in [3.05, 3.63) is 40.9 Å². The monoisotopic (exact) mass is 662 g/mol. The van der Waals surface area contributed by atoms with Gasteiger partial charge in [0.05, 0.1) is 11.4 Å². The van der Waals surface area contributed by atoms with Gasteiger partial charge in [-0.25, -0.2) is 13.2 Å². The first-order chi connectivity index (χ1) is 20.1. The number of carbonyl (C=O) groups is 3. The van der Waals surface area contributed by atoms with Gasteiger partial charge in [-0.1, -0.05) is 28.1 Å². The number of carbonyl (C=O) groups excluding carboxylic acids is 3. The highest BCUT2D eigenvalue weighted by Crippen LogP contribution is 2.24. The predicted octanol–water partition coefficient (Wildman–Crippen LogP) is 2.21. The van der Waals surface area contributed by atoms with Gasteiger partial charge in [-0.05, 0) is 67.6 Å². The van der Waals surface area contributed by atoms with Crippen molar-refractivity contribution in [1.29, 1.82) is 0 Å². The molecule has 2 aromatic carbocycles. The minimum Gasteiger partial charge on any atom is -0.338 e. The minimum atomic E-state index is -3.94. The molecule has 0 radical (unpaired) electrons. The number of rotatable bonds is 8. The summed E-state index contributed by atoms with van der Waals surface area (Å²) in [5, 5.41) is 4.53. The highest BCUT2D eigenvalue weighted by molar-refractivity contribution is 9.10. The number of hydrogen-bond donors (Lipinski definition) is 2. The zero-order chi connectivity index (χ0) is 29.9. The lowest BCUT2D eigenvalue weighted by molar-refractivity contribution is -0.143. The van der Waals surface area contributed by atoms with Crippen molar-refractivity contribution in [3.8, 4) is 0 Å². The quantitative estimate of drug-likeness (QED) is 0.447. The van der Waals surface area contributed by atoms with Crippen molar-refractivity contribution in [2.45, 2.75) is 49.6 Å². The first-order valence-electron chi connectivity index (χ1n) is 14.7. The van der Waals surface area contributed by atoms with E-state index in [4.69, 9.17) is 0 Å². The molecule has 2 atom stereocenters. The zero-order valence-electron chi connectivity index (χ0n) is 23.9. The molecule has 0 bridgehead atoms. The number of piperidine rings is 1. The fraction of sp³-hybridized carbons (Fsp3) is 0.552. The van der Waals surface area contributed by atoms with Gasteiger partial charge in [-0.2, -0.15) is 4.72 Å². The van der Waals surface area contributed by atoms with Crippen LogP contribution in [0.5, 0.6) is 0 Å². The van der Waals surface area contributed by atoms with E-state index in [9.17, 15) is 22.8 Å². The van der Waals surface area contributed by atoms with Gasteiger partial charge in [-0.3, -0.25) is 14.5 Å². The molecular formula is C29H39BrN6O5S. The average molecular weight is 664 g/mol. The number of piperazine rings is 1. The Hall–Kier alpha value is -2.74. The molecule has 4 amide bonds. The van der Waals surface area contributed by atoms with E-state index in [0.29, 0.717) is 45.6 Å². The Kier molecular flexibility index (Phi) is 9.70.